The Hall–Kier alpha value is -1.32. The van der Waals surface area contributed by atoms with E-state index in [0.29, 0.717) is 0 Å². The van der Waals surface area contributed by atoms with Gasteiger partial charge in [-0.3, -0.25) is 4.90 Å². The first-order chi connectivity index (χ1) is 8.74. The summed E-state index contributed by atoms with van der Waals surface area (Å²) in [7, 11) is 2.14. The van der Waals surface area contributed by atoms with Crippen molar-refractivity contribution in [1.29, 1.82) is 0 Å². The number of benzene rings is 1. The second-order valence-corrected chi connectivity index (χ2v) is 5.31. The number of hydrogen-bond donors (Lipinski definition) is 1. The highest BCUT2D eigenvalue weighted by Gasteiger charge is 2.13. The Balaban J connectivity index is 1.93. The highest BCUT2D eigenvalue weighted by Crippen LogP contribution is 2.23. The van der Waals surface area contributed by atoms with Crippen molar-refractivity contribution in [1.82, 2.24) is 14.8 Å². The molecule has 1 aliphatic rings. The molecular weight excluding hydrogens is 222 g/mol. The van der Waals surface area contributed by atoms with Crippen LogP contribution in [0.15, 0.2) is 24.4 Å². The lowest BCUT2D eigenvalue weighted by Gasteiger charge is -2.26. The van der Waals surface area contributed by atoms with Crippen molar-refractivity contribution in [2.24, 2.45) is 7.05 Å². The molecule has 1 aliphatic heterocycles. The van der Waals surface area contributed by atoms with E-state index in [-0.39, 0.29) is 0 Å². The van der Waals surface area contributed by atoms with Gasteiger partial charge in [0.05, 0.1) is 0 Å². The molecule has 0 aliphatic carbocycles. The minimum atomic E-state index is 1.07. The first-order valence-corrected chi connectivity index (χ1v) is 6.72. The van der Waals surface area contributed by atoms with Gasteiger partial charge in [-0.05, 0) is 24.6 Å². The van der Waals surface area contributed by atoms with Crippen LogP contribution in [0.3, 0.4) is 0 Å². The van der Waals surface area contributed by atoms with E-state index in [1.165, 1.54) is 22.0 Å². The van der Waals surface area contributed by atoms with Crippen LogP contribution in [-0.4, -0.2) is 35.6 Å². The molecule has 1 aromatic heterocycles. The first kappa shape index (κ1) is 11.8. The molecule has 1 N–H and O–H groups in total. The van der Waals surface area contributed by atoms with Crippen LogP contribution in [0.4, 0.5) is 0 Å². The van der Waals surface area contributed by atoms with Gasteiger partial charge in [0.15, 0.2) is 0 Å². The van der Waals surface area contributed by atoms with Crippen molar-refractivity contribution < 1.29 is 0 Å². The molecular formula is C15H21N3. The van der Waals surface area contributed by atoms with Gasteiger partial charge in [0, 0.05) is 56.9 Å². The largest absolute Gasteiger partial charge is 0.350 e. The fourth-order valence-electron chi connectivity index (χ4n) is 2.82. The number of aryl methyl sites for hydroxylation is 2. The van der Waals surface area contributed by atoms with Crippen LogP contribution in [0.1, 0.15) is 11.1 Å². The average Bonchev–Trinajstić information content (AvgIpc) is 2.67. The van der Waals surface area contributed by atoms with Crippen molar-refractivity contribution in [2.75, 3.05) is 26.2 Å². The predicted molar refractivity (Wildman–Crippen MR) is 75.8 cm³/mol. The molecule has 0 unspecified atom stereocenters. The van der Waals surface area contributed by atoms with Crippen LogP contribution in [0.5, 0.6) is 0 Å². The molecule has 3 nitrogen and oxygen atoms in total. The molecule has 0 bridgehead atoms. The fraction of sp³-hybridized carbons (Fsp3) is 0.467. The lowest BCUT2D eigenvalue weighted by Crippen LogP contribution is -2.42. The standard InChI is InChI=1S/C15H21N3/c1-12-3-4-15-14(9-12)13(10-17(15)2)11-18-7-5-16-6-8-18/h3-4,9-10,16H,5-8,11H2,1-2H3. The van der Waals surface area contributed by atoms with E-state index in [4.69, 9.17) is 0 Å². The van der Waals surface area contributed by atoms with Gasteiger partial charge < -0.3 is 9.88 Å². The van der Waals surface area contributed by atoms with Gasteiger partial charge >= 0.3 is 0 Å². The van der Waals surface area contributed by atoms with E-state index >= 15 is 0 Å². The Morgan fingerprint density at radius 3 is 2.78 bits per heavy atom. The summed E-state index contributed by atoms with van der Waals surface area (Å²) >= 11 is 0. The molecule has 2 aromatic rings. The summed E-state index contributed by atoms with van der Waals surface area (Å²) in [6, 6.07) is 6.73. The second kappa shape index (κ2) is 4.75. The van der Waals surface area contributed by atoms with Gasteiger partial charge in [-0.2, -0.15) is 0 Å². The van der Waals surface area contributed by atoms with Crippen molar-refractivity contribution in [3.63, 3.8) is 0 Å². The Kier molecular flexibility index (Phi) is 3.10. The highest BCUT2D eigenvalue weighted by molar-refractivity contribution is 5.84. The summed E-state index contributed by atoms with van der Waals surface area (Å²) in [5, 5.41) is 4.82. The Labute approximate surface area is 108 Å². The summed E-state index contributed by atoms with van der Waals surface area (Å²) in [6.45, 7) is 7.78. The van der Waals surface area contributed by atoms with Crippen molar-refractivity contribution in [3.8, 4) is 0 Å². The van der Waals surface area contributed by atoms with Gasteiger partial charge in [-0.15, -0.1) is 0 Å². The van der Waals surface area contributed by atoms with Gasteiger partial charge in [0.1, 0.15) is 0 Å². The number of nitrogens with one attached hydrogen (secondary N) is 1. The normalized spacial score (nSPS) is 17.4. The van der Waals surface area contributed by atoms with Crippen LogP contribution in [-0.2, 0) is 13.6 Å². The number of rotatable bonds is 2. The topological polar surface area (TPSA) is 20.2 Å². The van der Waals surface area contributed by atoms with Crippen LogP contribution in [0, 0.1) is 6.92 Å². The van der Waals surface area contributed by atoms with Crippen molar-refractivity contribution in [3.05, 3.63) is 35.5 Å². The Morgan fingerprint density at radius 1 is 1.22 bits per heavy atom. The summed E-state index contributed by atoms with van der Waals surface area (Å²) < 4.78 is 2.24. The smallest absolute Gasteiger partial charge is 0.0481 e. The Bertz CT molecular complexity index is 550. The SMILES string of the molecule is Cc1ccc2c(c1)c(CN1CCNCC1)cn2C. The maximum absolute atomic E-state index is 3.41. The minimum Gasteiger partial charge on any atom is -0.350 e. The molecule has 0 amide bonds. The molecule has 3 rings (SSSR count). The van der Waals surface area contributed by atoms with Crippen LogP contribution in [0.25, 0.3) is 10.9 Å². The molecule has 1 aromatic carbocycles. The van der Waals surface area contributed by atoms with E-state index in [1.54, 1.807) is 0 Å². The third-order valence-corrected chi connectivity index (χ3v) is 3.83. The van der Waals surface area contributed by atoms with E-state index in [0.717, 1.165) is 32.7 Å². The zero-order chi connectivity index (χ0) is 12.5. The maximum atomic E-state index is 3.41. The zero-order valence-corrected chi connectivity index (χ0v) is 11.2. The van der Waals surface area contributed by atoms with Gasteiger partial charge in [-0.1, -0.05) is 11.6 Å². The van der Waals surface area contributed by atoms with Gasteiger partial charge in [0.25, 0.3) is 0 Å². The molecule has 0 spiro atoms. The van der Waals surface area contributed by atoms with Crippen LogP contribution in [0.2, 0.25) is 0 Å². The third kappa shape index (κ3) is 2.16. The molecule has 1 fully saturated rings. The second-order valence-electron chi connectivity index (χ2n) is 5.31. The van der Waals surface area contributed by atoms with Crippen molar-refractivity contribution in [2.45, 2.75) is 13.5 Å². The number of fused-ring (bicyclic) bond motifs is 1. The molecule has 0 radical (unpaired) electrons. The van der Waals surface area contributed by atoms with E-state index in [1.807, 2.05) is 0 Å². The molecule has 1 saturated heterocycles. The summed E-state index contributed by atoms with van der Waals surface area (Å²) in [4.78, 5) is 2.54. The molecule has 2 heterocycles. The zero-order valence-electron chi connectivity index (χ0n) is 11.2. The predicted octanol–water partition coefficient (Wildman–Crippen LogP) is 1.89. The lowest BCUT2D eigenvalue weighted by molar-refractivity contribution is 0.234. The van der Waals surface area contributed by atoms with E-state index < -0.39 is 0 Å². The average molecular weight is 243 g/mol. The summed E-state index contributed by atoms with van der Waals surface area (Å²) in [6.07, 6.45) is 2.28. The van der Waals surface area contributed by atoms with E-state index in [2.05, 4.69) is 53.2 Å². The minimum absolute atomic E-state index is 1.07. The van der Waals surface area contributed by atoms with Crippen LogP contribution >= 0.6 is 0 Å². The summed E-state index contributed by atoms with van der Waals surface area (Å²) in [5.41, 5.74) is 4.14. The number of aromatic nitrogens is 1. The fourth-order valence-corrected chi connectivity index (χ4v) is 2.82. The molecule has 18 heavy (non-hydrogen) atoms. The summed E-state index contributed by atoms with van der Waals surface area (Å²) in [5.74, 6) is 0. The first-order valence-electron chi connectivity index (χ1n) is 6.72. The highest BCUT2D eigenvalue weighted by atomic mass is 15.2. The maximum Gasteiger partial charge on any atom is 0.0481 e. The number of piperazine rings is 1. The lowest BCUT2D eigenvalue weighted by atomic mass is 10.1. The number of hydrogen-bond acceptors (Lipinski definition) is 2. The molecule has 3 heteroatoms. The molecule has 0 atom stereocenters. The van der Waals surface area contributed by atoms with E-state index in [9.17, 15) is 0 Å². The number of nitrogens with zero attached hydrogens (tertiary/aromatic N) is 2. The van der Waals surface area contributed by atoms with Gasteiger partial charge in [-0.25, -0.2) is 0 Å². The van der Waals surface area contributed by atoms with Crippen molar-refractivity contribution >= 4 is 10.9 Å². The monoisotopic (exact) mass is 243 g/mol. The molecule has 0 saturated carbocycles. The Morgan fingerprint density at radius 2 is 2.00 bits per heavy atom. The van der Waals surface area contributed by atoms with Crippen LogP contribution < -0.4 is 5.32 Å². The molecule has 96 valence electrons. The quantitative estimate of drug-likeness (QED) is 0.869. The third-order valence-electron chi connectivity index (χ3n) is 3.83. The van der Waals surface area contributed by atoms with Gasteiger partial charge in [0.2, 0.25) is 0 Å².